The van der Waals surface area contributed by atoms with E-state index in [4.69, 9.17) is 0 Å². The fourth-order valence-electron chi connectivity index (χ4n) is 3.55. The molecule has 0 spiro atoms. The smallest absolute Gasteiger partial charge is 0.242 e. The second kappa shape index (κ2) is 10.8. The fourth-order valence-corrected chi connectivity index (χ4v) is 3.55. The molecule has 2 aromatic rings. The van der Waals surface area contributed by atoms with Crippen molar-refractivity contribution in [1.29, 1.82) is 0 Å². The molecule has 1 atom stereocenters. The van der Waals surface area contributed by atoms with Crippen molar-refractivity contribution in [1.82, 2.24) is 10.2 Å². The number of amides is 2. The van der Waals surface area contributed by atoms with Crippen molar-refractivity contribution in [3.63, 3.8) is 0 Å². The van der Waals surface area contributed by atoms with Crippen molar-refractivity contribution < 1.29 is 9.59 Å². The van der Waals surface area contributed by atoms with Crippen molar-refractivity contribution in [2.24, 2.45) is 0 Å². The number of nitrogens with one attached hydrogen (secondary N) is 1. The Kier molecular flexibility index (Phi) is 8.44. The molecule has 4 nitrogen and oxygen atoms in total. The summed E-state index contributed by atoms with van der Waals surface area (Å²) in [6.07, 6.45) is 1.76. The fraction of sp³-hybridized carbons (Fsp3) is 0.440. The van der Waals surface area contributed by atoms with Crippen LogP contribution in [0.1, 0.15) is 54.5 Å². The Labute approximate surface area is 175 Å². The van der Waals surface area contributed by atoms with Gasteiger partial charge in [-0.15, -0.1) is 0 Å². The van der Waals surface area contributed by atoms with Crippen LogP contribution in [-0.2, 0) is 22.6 Å². The molecule has 0 bridgehead atoms. The Morgan fingerprint density at radius 2 is 1.72 bits per heavy atom. The van der Waals surface area contributed by atoms with Crippen molar-refractivity contribution in [2.45, 2.75) is 66.5 Å². The Morgan fingerprint density at radius 3 is 2.38 bits per heavy atom. The summed E-state index contributed by atoms with van der Waals surface area (Å²) >= 11 is 0. The summed E-state index contributed by atoms with van der Waals surface area (Å²) in [6.45, 7) is 11.1. The van der Waals surface area contributed by atoms with Crippen LogP contribution in [0.4, 0.5) is 0 Å². The molecule has 1 N–H and O–H groups in total. The lowest BCUT2D eigenvalue weighted by Gasteiger charge is -2.31. The van der Waals surface area contributed by atoms with Gasteiger partial charge in [-0.2, -0.15) is 0 Å². The third-order valence-electron chi connectivity index (χ3n) is 5.22. The minimum atomic E-state index is -0.473. The SMILES string of the molecule is CCCNC(=O)[C@H](CC)N(Cc1cccc(C)c1)C(=O)Cc1cc(C)ccc1C. The van der Waals surface area contributed by atoms with Gasteiger partial charge in [-0.1, -0.05) is 67.4 Å². The van der Waals surface area contributed by atoms with E-state index in [0.717, 1.165) is 34.2 Å². The maximum Gasteiger partial charge on any atom is 0.242 e. The van der Waals surface area contributed by atoms with Crippen LogP contribution in [0, 0.1) is 20.8 Å². The highest BCUT2D eigenvalue weighted by molar-refractivity contribution is 5.88. The molecular formula is C25H34N2O2. The summed E-state index contributed by atoms with van der Waals surface area (Å²) in [4.78, 5) is 27.9. The zero-order valence-corrected chi connectivity index (χ0v) is 18.4. The molecule has 0 radical (unpaired) electrons. The predicted octanol–water partition coefficient (Wildman–Crippen LogP) is 4.49. The highest BCUT2D eigenvalue weighted by Gasteiger charge is 2.28. The van der Waals surface area contributed by atoms with Gasteiger partial charge in [0.2, 0.25) is 11.8 Å². The number of rotatable bonds is 9. The van der Waals surface area contributed by atoms with Crippen molar-refractivity contribution >= 4 is 11.8 Å². The molecule has 0 aliphatic heterocycles. The van der Waals surface area contributed by atoms with Crippen LogP contribution in [0.5, 0.6) is 0 Å². The minimum Gasteiger partial charge on any atom is -0.354 e. The van der Waals surface area contributed by atoms with Gasteiger partial charge in [-0.3, -0.25) is 9.59 Å². The molecule has 0 fully saturated rings. The van der Waals surface area contributed by atoms with E-state index in [1.165, 1.54) is 0 Å². The van der Waals surface area contributed by atoms with Crippen LogP contribution < -0.4 is 5.32 Å². The number of hydrogen-bond donors (Lipinski definition) is 1. The van der Waals surface area contributed by atoms with Gasteiger partial charge in [0.15, 0.2) is 0 Å². The molecule has 2 aromatic carbocycles. The van der Waals surface area contributed by atoms with Crippen LogP contribution >= 0.6 is 0 Å². The first-order chi connectivity index (χ1) is 13.8. The number of benzene rings is 2. The Hall–Kier alpha value is -2.62. The predicted molar refractivity (Wildman–Crippen MR) is 119 cm³/mol. The zero-order valence-electron chi connectivity index (χ0n) is 18.4. The van der Waals surface area contributed by atoms with Gasteiger partial charge in [-0.25, -0.2) is 0 Å². The summed E-state index contributed by atoms with van der Waals surface area (Å²) < 4.78 is 0. The lowest BCUT2D eigenvalue weighted by Crippen LogP contribution is -2.49. The van der Waals surface area contributed by atoms with E-state index in [0.29, 0.717) is 25.9 Å². The molecule has 4 heteroatoms. The maximum atomic E-state index is 13.4. The molecule has 2 amide bonds. The van der Waals surface area contributed by atoms with E-state index in [-0.39, 0.29) is 11.8 Å². The zero-order chi connectivity index (χ0) is 21.4. The van der Waals surface area contributed by atoms with Crippen molar-refractivity contribution in [3.05, 3.63) is 70.3 Å². The number of carbonyl (C=O) groups excluding carboxylic acids is 2. The maximum absolute atomic E-state index is 13.4. The molecule has 0 unspecified atom stereocenters. The molecule has 0 aliphatic rings. The number of aryl methyl sites for hydroxylation is 3. The Bertz CT molecular complexity index is 844. The normalized spacial score (nSPS) is 11.8. The van der Waals surface area contributed by atoms with Gasteiger partial charge < -0.3 is 10.2 Å². The van der Waals surface area contributed by atoms with E-state index in [1.54, 1.807) is 4.90 Å². The second-order valence-electron chi connectivity index (χ2n) is 7.83. The number of nitrogens with zero attached hydrogens (tertiary/aromatic N) is 1. The van der Waals surface area contributed by atoms with E-state index in [1.807, 2.05) is 58.9 Å². The van der Waals surface area contributed by atoms with Crippen LogP contribution in [-0.4, -0.2) is 29.3 Å². The molecule has 0 heterocycles. The topological polar surface area (TPSA) is 49.4 Å². The highest BCUT2D eigenvalue weighted by Crippen LogP contribution is 2.18. The van der Waals surface area contributed by atoms with Gasteiger partial charge in [0.25, 0.3) is 0 Å². The molecule has 29 heavy (non-hydrogen) atoms. The van der Waals surface area contributed by atoms with E-state index in [2.05, 4.69) is 23.5 Å². The first-order valence-electron chi connectivity index (χ1n) is 10.5. The summed E-state index contributed by atoms with van der Waals surface area (Å²) in [5, 5.41) is 2.97. The summed E-state index contributed by atoms with van der Waals surface area (Å²) in [5.74, 6) is -0.0879. The number of carbonyl (C=O) groups is 2. The first kappa shape index (κ1) is 22.7. The van der Waals surface area contributed by atoms with Gasteiger partial charge in [0.1, 0.15) is 6.04 Å². The van der Waals surface area contributed by atoms with Crippen molar-refractivity contribution in [2.75, 3.05) is 6.54 Å². The van der Waals surface area contributed by atoms with E-state index in [9.17, 15) is 9.59 Å². The highest BCUT2D eigenvalue weighted by atomic mass is 16.2. The number of hydrogen-bond acceptors (Lipinski definition) is 2. The monoisotopic (exact) mass is 394 g/mol. The molecule has 156 valence electrons. The standard InChI is InChI=1S/C25H34N2O2/c1-6-13-26-25(29)23(7-2)27(17-21-10-8-9-18(3)14-21)24(28)16-22-15-19(4)11-12-20(22)5/h8-12,14-15,23H,6-7,13,16-17H2,1-5H3,(H,26,29)/t23-/m0/s1. The first-order valence-corrected chi connectivity index (χ1v) is 10.5. The van der Waals surface area contributed by atoms with Crippen molar-refractivity contribution in [3.8, 4) is 0 Å². The van der Waals surface area contributed by atoms with Crippen LogP contribution in [0.15, 0.2) is 42.5 Å². The van der Waals surface area contributed by atoms with Gasteiger partial charge in [-0.05, 0) is 50.3 Å². The molecule has 0 saturated carbocycles. The quantitative estimate of drug-likeness (QED) is 0.681. The molecule has 2 rings (SSSR count). The molecule has 0 aliphatic carbocycles. The van der Waals surface area contributed by atoms with Crippen LogP contribution in [0.3, 0.4) is 0 Å². The largest absolute Gasteiger partial charge is 0.354 e. The Balaban J connectivity index is 2.32. The molecule has 0 saturated heterocycles. The van der Waals surface area contributed by atoms with Gasteiger partial charge >= 0.3 is 0 Å². The lowest BCUT2D eigenvalue weighted by molar-refractivity contribution is -0.140. The second-order valence-corrected chi connectivity index (χ2v) is 7.83. The molecule has 0 aromatic heterocycles. The average molecular weight is 395 g/mol. The average Bonchev–Trinajstić information content (AvgIpc) is 2.69. The lowest BCUT2D eigenvalue weighted by atomic mass is 10.0. The summed E-state index contributed by atoms with van der Waals surface area (Å²) in [7, 11) is 0. The van der Waals surface area contributed by atoms with Gasteiger partial charge in [0, 0.05) is 13.1 Å². The molecular weight excluding hydrogens is 360 g/mol. The summed E-state index contributed by atoms with van der Waals surface area (Å²) in [6, 6.07) is 13.8. The van der Waals surface area contributed by atoms with Crippen LogP contribution in [0.2, 0.25) is 0 Å². The van der Waals surface area contributed by atoms with Gasteiger partial charge in [0.05, 0.1) is 6.42 Å². The van der Waals surface area contributed by atoms with E-state index < -0.39 is 6.04 Å². The van der Waals surface area contributed by atoms with E-state index >= 15 is 0 Å². The minimum absolute atomic E-state index is 0.0151. The third kappa shape index (κ3) is 6.45. The third-order valence-corrected chi connectivity index (χ3v) is 5.22. The Morgan fingerprint density at radius 1 is 1.00 bits per heavy atom. The van der Waals surface area contributed by atoms with Crippen LogP contribution in [0.25, 0.3) is 0 Å². The summed E-state index contributed by atoms with van der Waals surface area (Å²) in [5.41, 5.74) is 5.45.